The highest BCUT2D eigenvalue weighted by atomic mass is 16.5. The minimum absolute atomic E-state index is 0.0302. The van der Waals surface area contributed by atoms with Gasteiger partial charge in [-0.3, -0.25) is 4.79 Å². The van der Waals surface area contributed by atoms with E-state index in [2.05, 4.69) is 5.32 Å². The molecule has 4 heteroatoms. The van der Waals surface area contributed by atoms with Gasteiger partial charge >= 0.3 is 0 Å². The Labute approximate surface area is 116 Å². The predicted octanol–water partition coefficient (Wildman–Crippen LogP) is 2.11. The Balaban J connectivity index is 1.52. The zero-order valence-electron chi connectivity index (χ0n) is 12.0. The van der Waals surface area contributed by atoms with Crippen LogP contribution in [0, 0.1) is 0 Å². The lowest BCUT2D eigenvalue weighted by Gasteiger charge is -2.23. The first-order valence-corrected chi connectivity index (χ1v) is 7.89. The number of rotatable bonds is 6. The molecular formula is C15H28N2O2. The first kappa shape index (κ1) is 14.8. The fourth-order valence-electron chi connectivity index (χ4n) is 3.16. The van der Waals surface area contributed by atoms with Gasteiger partial charge in [-0.1, -0.05) is 32.1 Å². The summed E-state index contributed by atoms with van der Waals surface area (Å²) < 4.78 is 5.83. The van der Waals surface area contributed by atoms with E-state index >= 15 is 0 Å². The molecule has 0 aromatic rings. The summed E-state index contributed by atoms with van der Waals surface area (Å²) in [6.07, 6.45) is 11.5. The molecule has 0 bridgehead atoms. The number of nitrogens with one attached hydrogen (secondary N) is 1. The van der Waals surface area contributed by atoms with Gasteiger partial charge in [-0.05, 0) is 32.1 Å². The Bertz CT molecular complexity index is 282. The Morgan fingerprint density at radius 3 is 2.53 bits per heavy atom. The Kier molecular flexibility index (Phi) is 5.64. The van der Waals surface area contributed by atoms with Crippen LogP contribution < -0.4 is 11.1 Å². The van der Waals surface area contributed by atoms with Gasteiger partial charge in [-0.2, -0.15) is 0 Å². The fraction of sp³-hybridized carbons (Fsp3) is 0.933. The minimum Gasteiger partial charge on any atom is -0.378 e. The van der Waals surface area contributed by atoms with E-state index in [1.54, 1.807) is 0 Å². The van der Waals surface area contributed by atoms with Crippen LogP contribution in [0.2, 0.25) is 0 Å². The number of hydrogen-bond acceptors (Lipinski definition) is 3. The molecule has 3 N–H and O–H groups in total. The van der Waals surface area contributed by atoms with Crippen LogP contribution in [0.1, 0.15) is 64.2 Å². The maximum atomic E-state index is 12.0. The first-order valence-electron chi connectivity index (χ1n) is 7.89. The number of nitrogens with two attached hydrogens (primary N) is 1. The smallest absolute Gasteiger partial charge is 0.240 e. The summed E-state index contributed by atoms with van der Waals surface area (Å²) >= 11 is 0. The average Bonchev–Trinajstić information content (AvgIpc) is 2.88. The molecule has 19 heavy (non-hydrogen) atoms. The second-order valence-electron chi connectivity index (χ2n) is 6.10. The summed E-state index contributed by atoms with van der Waals surface area (Å²) in [7, 11) is 0. The van der Waals surface area contributed by atoms with Crippen molar-refractivity contribution in [2.24, 2.45) is 5.73 Å². The largest absolute Gasteiger partial charge is 0.378 e. The van der Waals surface area contributed by atoms with E-state index in [-0.39, 0.29) is 5.91 Å². The van der Waals surface area contributed by atoms with E-state index in [9.17, 15) is 4.79 Å². The molecule has 0 radical (unpaired) electrons. The zero-order valence-corrected chi connectivity index (χ0v) is 12.0. The van der Waals surface area contributed by atoms with E-state index in [4.69, 9.17) is 10.5 Å². The first-order chi connectivity index (χ1) is 9.21. The summed E-state index contributed by atoms with van der Waals surface area (Å²) in [6.45, 7) is 1.44. The topological polar surface area (TPSA) is 64.4 Å². The maximum Gasteiger partial charge on any atom is 0.240 e. The van der Waals surface area contributed by atoms with Crippen molar-refractivity contribution < 1.29 is 9.53 Å². The normalized spacial score (nSPS) is 23.4. The van der Waals surface area contributed by atoms with Gasteiger partial charge in [0.05, 0.1) is 11.6 Å². The van der Waals surface area contributed by atoms with Crippen molar-refractivity contribution in [1.82, 2.24) is 5.32 Å². The van der Waals surface area contributed by atoms with E-state index in [0.29, 0.717) is 12.6 Å². The van der Waals surface area contributed by atoms with Gasteiger partial charge in [0.1, 0.15) is 0 Å². The Hall–Kier alpha value is -0.610. The number of amides is 1. The van der Waals surface area contributed by atoms with Crippen molar-refractivity contribution in [1.29, 1.82) is 0 Å². The molecular weight excluding hydrogens is 240 g/mol. The molecule has 2 fully saturated rings. The standard InChI is InChI=1S/C15H28N2O2/c16-15(9-4-5-10-15)14(18)17-11-6-12-19-13-7-2-1-3-8-13/h13H,1-12,16H2,(H,17,18). The van der Waals surface area contributed by atoms with Gasteiger partial charge in [0, 0.05) is 13.2 Å². The van der Waals surface area contributed by atoms with Gasteiger partial charge in [0.15, 0.2) is 0 Å². The van der Waals surface area contributed by atoms with Gasteiger partial charge < -0.3 is 15.8 Å². The van der Waals surface area contributed by atoms with Crippen molar-refractivity contribution in [3.63, 3.8) is 0 Å². The van der Waals surface area contributed by atoms with Gasteiger partial charge in [0.2, 0.25) is 5.91 Å². The maximum absolute atomic E-state index is 12.0. The molecule has 0 unspecified atom stereocenters. The van der Waals surface area contributed by atoms with Crippen LogP contribution >= 0.6 is 0 Å². The average molecular weight is 268 g/mol. The molecule has 0 aromatic carbocycles. The highest BCUT2D eigenvalue weighted by Gasteiger charge is 2.36. The molecule has 110 valence electrons. The van der Waals surface area contributed by atoms with Gasteiger partial charge in [0.25, 0.3) is 0 Å². The third-order valence-electron chi connectivity index (χ3n) is 4.46. The molecule has 2 rings (SSSR count). The summed E-state index contributed by atoms with van der Waals surface area (Å²) in [5.74, 6) is 0.0302. The molecule has 0 aliphatic heterocycles. The Morgan fingerprint density at radius 2 is 1.84 bits per heavy atom. The van der Waals surface area contributed by atoms with Crippen LogP contribution in [0.25, 0.3) is 0 Å². The van der Waals surface area contributed by atoms with Crippen molar-refractivity contribution >= 4 is 5.91 Å². The van der Waals surface area contributed by atoms with E-state index < -0.39 is 5.54 Å². The number of carbonyl (C=O) groups is 1. The molecule has 0 aromatic heterocycles. The molecule has 2 saturated carbocycles. The summed E-state index contributed by atoms with van der Waals surface area (Å²) in [6, 6.07) is 0. The quantitative estimate of drug-likeness (QED) is 0.725. The van der Waals surface area contributed by atoms with Crippen LogP contribution in [0.15, 0.2) is 0 Å². The van der Waals surface area contributed by atoms with Crippen LogP contribution in [0.3, 0.4) is 0 Å². The molecule has 0 atom stereocenters. The van der Waals surface area contributed by atoms with E-state index in [0.717, 1.165) is 38.7 Å². The lowest BCUT2D eigenvalue weighted by molar-refractivity contribution is -0.126. The monoisotopic (exact) mass is 268 g/mol. The summed E-state index contributed by atoms with van der Waals surface area (Å²) in [5, 5.41) is 2.96. The second kappa shape index (κ2) is 7.25. The molecule has 1 amide bonds. The van der Waals surface area contributed by atoms with Crippen molar-refractivity contribution in [2.75, 3.05) is 13.2 Å². The van der Waals surface area contributed by atoms with Crippen LogP contribution in [-0.2, 0) is 9.53 Å². The number of ether oxygens (including phenoxy) is 1. The fourth-order valence-corrected chi connectivity index (χ4v) is 3.16. The molecule has 2 aliphatic rings. The molecule has 2 aliphatic carbocycles. The highest BCUT2D eigenvalue weighted by molar-refractivity contribution is 5.86. The third kappa shape index (κ3) is 4.46. The molecule has 4 nitrogen and oxygen atoms in total. The summed E-state index contributed by atoms with van der Waals surface area (Å²) in [4.78, 5) is 12.0. The Morgan fingerprint density at radius 1 is 1.16 bits per heavy atom. The number of carbonyl (C=O) groups excluding carboxylic acids is 1. The molecule has 0 heterocycles. The zero-order chi connectivity index (χ0) is 13.6. The van der Waals surface area contributed by atoms with E-state index in [1.165, 1.54) is 32.1 Å². The van der Waals surface area contributed by atoms with Crippen molar-refractivity contribution in [2.45, 2.75) is 75.9 Å². The van der Waals surface area contributed by atoms with Gasteiger partial charge in [-0.25, -0.2) is 0 Å². The highest BCUT2D eigenvalue weighted by Crippen LogP contribution is 2.27. The van der Waals surface area contributed by atoms with E-state index in [1.807, 2.05) is 0 Å². The van der Waals surface area contributed by atoms with Gasteiger partial charge in [-0.15, -0.1) is 0 Å². The predicted molar refractivity (Wildman–Crippen MR) is 75.8 cm³/mol. The molecule has 0 saturated heterocycles. The second-order valence-corrected chi connectivity index (χ2v) is 6.10. The lowest BCUT2D eigenvalue weighted by Crippen LogP contribution is -2.52. The van der Waals surface area contributed by atoms with Crippen molar-refractivity contribution in [3.05, 3.63) is 0 Å². The summed E-state index contributed by atoms with van der Waals surface area (Å²) in [5.41, 5.74) is 5.50. The lowest BCUT2D eigenvalue weighted by atomic mass is 9.98. The third-order valence-corrected chi connectivity index (χ3v) is 4.46. The number of hydrogen-bond donors (Lipinski definition) is 2. The SMILES string of the molecule is NC1(C(=O)NCCCOC2CCCCC2)CCCC1. The van der Waals surface area contributed by atoms with Crippen LogP contribution in [0.4, 0.5) is 0 Å². The van der Waals surface area contributed by atoms with Crippen LogP contribution in [0.5, 0.6) is 0 Å². The minimum atomic E-state index is -0.593. The van der Waals surface area contributed by atoms with Crippen LogP contribution in [-0.4, -0.2) is 30.7 Å². The molecule has 0 spiro atoms. The van der Waals surface area contributed by atoms with Crippen molar-refractivity contribution in [3.8, 4) is 0 Å².